The van der Waals surface area contributed by atoms with E-state index >= 15 is 0 Å². The Morgan fingerprint density at radius 2 is 2.12 bits per heavy atom. The van der Waals surface area contributed by atoms with Crippen LogP contribution in [0.15, 0.2) is 42.6 Å². The molecule has 2 aromatic rings. The monoisotopic (exact) mass is 228 g/mol. The average molecular weight is 228 g/mol. The molecule has 3 nitrogen and oxygen atoms in total. The molecule has 0 radical (unpaired) electrons. The first-order valence-corrected chi connectivity index (χ1v) is 5.62. The van der Waals surface area contributed by atoms with Gasteiger partial charge in [-0.3, -0.25) is 0 Å². The number of hydrogen-bond acceptors (Lipinski definition) is 3. The van der Waals surface area contributed by atoms with Crippen molar-refractivity contribution >= 4 is 0 Å². The molecule has 0 fully saturated rings. The highest BCUT2D eigenvalue weighted by Gasteiger charge is 1.99. The molecule has 1 N–H and O–H groups in total. The zero-order chi connectivity index (χ0) is 12.1. The lowest BCUT2D eigenvalue weighted by atomic mass is 10.2. The molecule has 0 bridgehead atoms. The van der Waals surface area contributed by atoms with E-state index in [1.807, 2.05) is 44.3 Å². The van der Waals surface area contributed by atoms with Gasteiger partial charge >= 0.3 is 0 Å². The van der Waals surface area contributed by atoms with Gasteiger partial charge in [0.2, 0.25) is 5.88 Å². The Morgan fingerprint density at radius 1 is 1.24 bits per heavy atom. The highest BCUT2D eigenvalue weighted by atomic mass is 16.5. The normalized spacial score (nSPS) is 10.2. The van der Waals surface area contributed by atoms with E-state index < -0.39 is 0 Å². The third-order valence-electron chi connectivity index (χ3n) is 2.39. The molecule has 0 spiro atoms. The molecule has 1 aromatic carbocycles. The molecule has 0 atom stereocenters. The van der Waals surface area contributed by atoms with Crippen molar-refractivity contribution in [2.24, 2.45) is 0 Å². The molecule has 1 aromatic heterocycles. The average Bonchev–Trinajstić information content (AvgIpc) is 2.33. The van der Waals surface area contributed by atoms with E-state index in [2.05, 4.69) is 16.4 Å². The van der Waals surface area contributed by atoms with Gasteiger partial charge in [0.1, 0.15) is 5.75 Å². The van der Waals surface area contributed by atoms with Gasteiger partial charge in [-0.15, -0.1) is 0 Å². The number of pyridine rings is 1. The lowest BCUT2D eigenvalue weighted by Gasteiger charge is -2.06. The zero-order valence-electron chi connectivity index (χ0n) is 10.1. The Balaban J connectivity index is 2.12. The second kappa shape index (κ2) is 5.46. The molecule has 0 amide bonds. The molecule has 2 rings (SSSR count). The third-order valence-corrected chi connectivity index (χ3v) is 2.39. The van der Waals surface area contributed by atoms with Gasteiger partial charge in [-0.05, 0) is 37.2 Å². The lowest BCUT2D eigenvalue weighted by Crippen LogP contribution is -2.04. The van der Waals surface area contributed by atoms with Crippen LogP contribution in [0.4, 0.5) is 0 Å². The van der Waals surface area contributed by atoms with Gasteiger partial charge < -0.3 is 10.1 Å². The summed E-state index contributed by atoms with van der Waals surface area (Å²) in [7, 11) is 1.93. The van der Waals surface area contributed by atoms with Gasteiger partial charge in [0.05, 0.1) is 0 Å². The van der Waals surface area contributed by atoms with E-state index in [9.17, 15) is 0 Å². The second-order valence-electron chi connectivity index (χ2n) is 3.95. The van der Waals surface area contributed by atoms with Crippen molar-refractivity contribution in [2.45, 2.75) is 13.5 Å². The Labute approximate surface area is 101 Å². The third kappa shape index (κ3) is 3.29. The van der Waals surface area contributed by atoms with Gasteiger partial charge in [-0.1, -0.05) is 18.2 Å². The Bertz CT molecular complexity index is 480. The maximum absolute atomic E-state index is 5.68. The van der Waals surface area contributed by atoms with Gasteiger partial charge in [-0.2, -0.15) is 0 Å². The first-order chi connectivity index (χ1) is 8.28. The van der Waals surface area contributed by atoms with Crippen LogP contribution in [0.1, 0.15) is 11.1 Å². The Hall–Kier alpha value is -1.87. The second-order valence-corrected chi connectivity index (χ2v) is 3.95. The van der Waals surface area contributed by atoms with E-state index in [0.29, 0.717) is 5.88 Å². The summed E-state index contributed by atoms with van der Waals surface area (Å²) >= 11 is 0. The first-order valence-electron chi connectivity index (χ1n) is 5.62. The fraction of sp³-hybridized carbons (Fsp3) is 0.214. The first kappa shape index (κ1) is 11.6. The van der Waals surface area contributed by atoms with Gasteiger partial charge in [0.25, 0.3) is 0 Å². The molecule has 1 heterocycles. The highest BCUT2D eigenvalue weighted by Crippen LogP contribution is 2.20. The molecule has 0 aliphatic carbocycles. The molecular weight excluding hydrogens is 212 g/mol. The number of benzene rings is 1. The van der Waals surface area contributed by atoms with E-state index in [0.717, 1.165) is 17.9 Å². The maximum Gasteiger partial charge on any atom is 0.219 e. The Morgan fingerprint density at radius 3 is 2.82 bits per heavy atom. The van der Waals surface area contributed by atoms with Crippen LogP contribution in [0.3, 0.4) is 0 Å². The molecule has 88 valence electrons. The maximum atomic E-state index is 5.68. The van der Waals surface area contributed by atoms with Crippen molar-refractivity contribution in [3.05, 3.63) is 53.7 Å². The zero-order valence-corrected chi connectivity index (χ0v) is 10.1. The van der Waals surface area contributed by atoms with Crippen LogP contribution in [0.2, 0.25) is 0 Å². The van der Waals surface area contributed by atoms with Crippen LogP contribution < -0.4 is 10.1 Å². The summed E-state index contributed by atoms with van der Waals surface area (Å²) in [6.45, 7) is 2.84. The summed E-state index contributed by atoms with van der Waals surface area (Å²) in [4.78, 5) is 4.21. The molecule has 3 heteroatoms. The molecule has 17 heavy (non-hydrogen) atoms. The highest BCUT2D eigenvalue weighted by molar-refractivity contribution is 5.31. The number of nitrogens with one attached hydrogen (secondary N) is 1. The Kier molecular flexibility index (Phi) is 3.73. The van der Waals surface area contributed by atoms with Crippen molar-refractivity contribution in [3.8, 4) is 11.6 Å². The minimum absolute atomic E-state index is 0.622. The largest absolute Gasteiger partial charge is 0.439 e. The summed E-state index contributed by atoms with van der Waals surface area (Å²) in [6, 6.07) is 11.8. The predicted octanol–water partition coefficient (Wildman–Crippen LogP) is 2.90. The summed E-state index contributed by atoms with van der Waals surface area (Å²) in [5, 5.41) is 3.11. The predicted molar refractivity (Wildman–Crippen MR) is 68.3 cm³/mol. The lowest BCUT2D eigenvalue weighted by molar-refractivity contribution is 0.462. The summed E-state index contributed by atoms with van der Waals surface area (Å²) in [5.41, 5.74) is 2.32. The van der Waals surface area contributed by atoms with Crippen LogP contribution in [-0.4, -0.2) is 12.0 Å². The molecule has 0 aliphatic rings. The van der Waals surface area contributed by atoms with Crippen LogP contribution in [0.25, 0.3) is 0 Å². The van der Waals surface area contributed by atoms with E-state index in [4.69, 9.17) is 4.74 Å². The summed E-state index contributed by atoms with van der Waals surface area (Å²) in [5.74, 6) is 1.44. The van der Waals surface area contributed by atoms with E-state index in [1.165, 1.54) is 5.56 Å². The fourth-order valence-corrected chi connectivity index (χ4v) is 1.56. The standard InChI is InChI=1S/C14H16N2O/c1-11-6-7-14(16-9-11)17-13-5-3-4-12(8-13)10-15-2/h3-9,15H,10H2,1-2H3. The minimum atomic E-state index is 0.622. The van der Waals surface area contributed by atoms with E-state index in [1.54, 1.807) is 6.20 Å². The quantitative estimate of drug-likeness (QED) is 0.873. The topological polar surface area (TPSA) is 34.1 Å². The van der Waals surface area contributed by atoms with Crippen LogP contribution in [-0.2, 0) is 6.54 Å². The van der Waals surface area contributed by atoms with Gasteiger partial charge in [0.15, 0.2) is 0 Å². The minimum Gasteiger partial charge on any atom is -0.439 e. The van der Waals surface area contributed by atoms with Crippen LogP contribution >= 0.6 is 0 Å². The molecule has 0 unspecified atom stereocenters. The SMILES string of the molecule is CNCc1cccc(Oc2ccc(C)cn2)c1. The summed E-state index contributed by atoms with van der Waals surface area (Å²) < 4.78 is 5.68. The number of aromatic nitrogens is 1. The van der Waals surface area contributed by atoms with Crippen molar-refractivity contribution in [1.29, 1.82) is 0 Å². The number of aryl methyl sites for hydroxylation is 1. The number of ether oxygens (including phenoxy) is 1. The van der Waals surface area contributed by atoms with Crippen LogP contribution in [0, 0.1) is 6.92 Å². The number of rotatable bonds is 4. The molecule has 0 saturated heterocycles. The fourth-order valence-electron chi connectivity index (χ4n) is 1.56. The number of nitrogens with zero attached hydrogens (tertiary/aromatic N) is 1. The van der Waals surface area contributed by atoms with Crippen LogP contribution in [0.5, 0.6) is 11.6 Å². The smallest absolute Gasteiger partial charge is 0.219 e. The van der Waals surface area contributed by atoms with Crippen molar-refractivity contribution in [2.75, 3.05) is 7.05 Å². The van der Waals surface area contributed by atoms with Crippen molar-refractivity contribution < 1.29 is 4.74 Å². The van der Waals surface area contributed by atoms with Gasteiger partial charge in [-0.25, -0.2) is 4.98 Å². The van der Waals surface area contributed by atoms with E-state index in [-0.39, 0.29) is 0 Å². The van der Waals surface area contributed by atoms with Crippen molar-refractivity contribution in [1.82, 2.24) is 10.3 Å². The summed E-state index contributed by atoms with van der Waals surface area (Å²) in [6.07, 6.45) is 1.80. The van der Waals surface area contributed by atoms with Crippen molar-refractivity contribution in [3.63, 3.8) is 0 Å². The molecule has 0 aliphatic heterocycles. The molecule has 0 saturated carbocycles. The molecular formula is C14H16N2O. The number of hydrogen-bond donors (Lipinski definition) is 1. The van der Waals surface area contributed by atoms with Gasteiger partial charge in [0, 0.05) is 18.8 Å².